The van der Waals surface area contributed by atoms with Gasteiger partial charge in [0.25, 0.3) is 0 Å². The molecule has 2 aromatic rings. The van der Waals surface area contributed by atoms with E-state index in [1.807, 2.05) is 25.5 Å². The molecule has 0 unspecified atom stereocenters. The van der Waals surface area contributed by atoms with Crippen LogP contribution in [-0.2, 0) is 0 Å². The smallest absolute Gasteiger partial charge is 0.244 e. The van der Waals surface area contributed by atoms with Gasteiger partial charge >= 0.3 is 0 Å². The molecule has 0 bridgehead atoms. The third-order valence-electron chi connectivity index (χ3n) is 2.52. The maximum Gasteiger partial charge on any atom is 0.244 e. The molecule has 2 heterocycles. The summed E-state index contributed by atoms with van der Waals surface area (Å²) in [5.41, 5.74) is 0. The van der Waals surface area contributed by atoms with Gasteiger partial charge in [-0.15, -0.1) is 11.3 Å². The Kier molecular flexibility index (Phi) is 3.96. The van der Waals surface area contributed by atoms with Crippen molar-refractivity contribution in [2.75, 3.05) is 14.1 Å². The fraction of sp³-hybridized carbons (Fsp3) is 0.455. The Morgan fingerprint density at radius 1 is 1.53 bits per heavy atom. The fourth-order valence-corrected chi connectivity index (χ4v) is 3.01. The molecule has 0 amide bonds. The van der Waals surface area contributed by atoms with E-state index in [0.29, 0.717) is 11.7 Å². The highest BCUT2D eigenvalue weighted by Gasteiger charge is 2.20. The Balaban J connectivity index is 2.26. The van der Waals surface area contributed by atoms with Crippen LogP contribution in [0.3, 0.4) is 0 Å². The highest BCUT2D eigenvalue weighted by atomic mass is 79.9. The molecule has 0 aliphatic heterocycles. The minimum absolute atomic E-state index is 0.180. The molecular weight excluding hydrogens is 302 g/mol. The number of aromatic nitrogens is 2. The Morgan fingerprint density at radius 2 is 2.29 bits per heavy atom. The second-order valence-electron chi connectivity index (χ2n) is 3.97. The zero-order valence-corrected chi connectivity index (χ0v) is 12.4. The molecule has 1 atom stereocenters. The van der Waals surface area contributed by atoms with E-state index in [2.05, 4.69) is 37.9 Å². The van der Waals surface area contributed by atoms with E-state index >= 15 is 0 Å². The number of halogens is 1. The lowest BCUT2D eigenvalue weighted by atomic mass is 10.2. The summed E-state index contributed by atoms with van der Waals surface area (Å²) < 4.78 is 6.38. The van der Waals surface area contributed by atoms with Crippen LogP contribution in [0.2, 0.25) is 0 Å². The first-order valence-corrected chi connectivity index (χ1v) is 7.03. The minimum Gasteiger partial charge on any atom is -0.337 e. The minimum atomic E-state index is 0.180. The molecule has 0 fully saturated rings. The normalized spacial score (nSPS) is 13.2. The quantitative estimate of drug-likeness (QED) is 0.865. The van der Waals surface area contributed by atoms with Gasteiger partial charge in [-0.25, -0.2) is 0 Å². The van der Waals surface area contributed by atoms with E-state index in [0.717, 1.165) is 15.8 Å². The van der Waals surface area contributed by atoms with E-state index < -0.39 is 0 Å². The zero-order valence-electron chi connectivity index (χ0n) is 9.98. The molecule has 0 aliphatic rings. The van der Waals surface area contributed by atoms with Crippen molar-refractivity contribution in [1.29, 1.82) is 0 Å². The summed E-state index contributed by atoms with van der Waals surface area (Å²) >= 11 is 5.02. The second kappa shape index (κ2) is 5.29. The van der Waals surface area contributed by atoms with Crippen LogP contribution < -0.4 is 0 Å². The monoisotopic (exact) mass is 315 g/mol. The van der Waals surface area contributed by atoms with Crippen LogP contribution in [-0.4, -0.2) is 29.1 Å². The van der Waals surface area contributed by atoms with Crippen molar-refractivity contribution in [2.24, 2.45) is 0 Å². The van der Waals surface area contributed by atoms with E-state index in [9.17, 15) is 0 Å². The first-order chi connectivity index (χ1) is 8.11. The van der Waals surface area contributed by atoms with Crippen molar-refractivity contribution in [1.82, 2.24) is 15.0 Å². The van der Waals surface area contributed by atoms with E-state index in [4.69, 9.17) is 4.52 Å². The first kappa shape index (κ1) is 12.7. The SMILES string of the molecule is CC[C@@H](c1nc(-c2cc(Br)cs2)no1)N(C)C. The third kappa shape index (κ3) is 2.75. The average Bonchev–Trinajstić information content (AvgIpc) is 2.87. The predicted molar refractivity (Wildman–Crippen MR) is 72.0 cm³/mol. The Bertz CT molecular complexity index is 494. The second-order valence-corrected chi connectivity index (χ2v) is 5.80. The maximum atomic E-state index is 5.33. The van der Waals surface area contributed by atoms with Gasteiger partial charge < -0.3 is 4.52 Å². The Labute approximate surface area is 113 Å². The van der Waals surface area contributed by atoms with Crippen LogP contribution in [0.5, 0.6) is 0 Å². The molecule has 0 N–H and O–H groups in total. The highest BCUT2D eigenvalue weighted by Crippen LogP contribution is 2.29. The van der Waals surface area contributed by atoms with Crippen LogP contribution in [0.4, 0.5) is 0 Å². The molecule has 17 heavy (non-hydrogen) atoms. The molecule has 0 saturated heterocycles. The van der Waals surface area contributed by atoms with Gasteiger partial charge in [0.05, 0.1) is 10.9 Å². The van der Waals surface area contributed by atoms with E-state index in [1.54, 1.807) is 11.3 Å². The lowest BCUT2D eigenvalue weighted by Gasteiger charge is -2.17. The van der Waals surface area contributed by atoms with E-state index in [1.165, 1.54) is 0 Å². The van der Waals surface area contributed by atoms with Crippen molar-refractivity contribution in [3.8, 4) is 10.7 Å². The lowest BCUT2D eigenvalue weighted by molar-refractivity contribution is 0.224. The number of rotatable bonds is 4. The molecule has 4 nitrogen and oxygen atoms in total. The summed E-state index contributed by atoms with van der Waals surface area (Å²) in [6.07, 6.45) is 0.947. The molecule has 6 heteroatoms. The van der Waals surface area contributed by atoms with Crippen LogP contribution in [0.25, 0.3) is 10.7 Å². The van der Waals surface area contributed by atoms with Crippen molar-refractivity contribution < 1.29 is 4.52 Å². The summed E-state index contributed by atoms with van der Waals surface area (Å²) in [5.74, 6) is 1.34. The van der Waals surface area contributed by atoms with Gasteiger partial charge in [0, 0.05) is 9.85 Å². The number of nitrogens with zero attached hydrogens (tertiary/aromatic N) is 3. The standard InChI is InChI=1S/C11H14BrN3OS/c1-4-8(15(2)3)11-13-10(14-16-11)9-5-7(12)6-17-9/h5-6,8H,4H2,1-3H3/t8-/m0/s1. The van der Waals surface area contributed by atoms with Gasteiger partial charge in [-0.05, 0) is 42.5 Å². The third-order valence-corrected chi connectivity index (χ3v) is 4.21. The number of hydrogen-bond acceptors (Lipinski definition) is 5. The van der Waals surface area contributed by atoms with E-state index in [-0.39, 0.29) is 6.04 Å². The van der Waals surface area contributed by atoms with Crippen molar-refractivity contribution in [2.45, 2.75) is 19.4 Å². The van der Waals surface area contributed by atoms with Crippen molar-refractivity contribution in [3.05, 3.63) is 21.8 Å². The lowest BCUT2D eigenvalue weighted by Crippen LogP contribution is -2.19. The van der Waals surface area contributed by atoms with Gasteiger partial charge in [0.15, 0.2) is 0 Å². The van der Waals surface area contributed by atoms with Crippen LogP contribution >= 0.6 is 27.3 Å². The molecule has 2 rings (SSSR count). The van der Waals surface area contributed by atoms with Gasteiger partial charge in [0.1, 0.15) is 0 Å². The largest absolute Gasteiger partial charge is 0.337 e. The molecular formula is C11H14BrN3OS. The van der Waals surface area contributed by atoms with Crippen LogP contribution in [0, 0.1) is 0 Å². The maximum absolute atomic E-state index is 5.33. The fourth-order valence-electron chi connectivity index (χ4n) is 1.66. The summed E-state index contributed by atoms with van der Waals surface area (Å²) in [5, 5.41) is 6.04. The number of hydrogen-bond donors (Lipinski definition) is 0. The molecule has 0 radical (unpaired) electrons. The average molecular weight is 316 g/mol. The summed E-state index contributed by atoms with van der Waals surface area (Å²) in [4.78, 5) is 7.56. The first-order valence-electron chi connectivity index (χ1n) is 5.36. The van der Waals surface area contributed by atoms with Gasteiger partial charge in [-0.3, -0.25) is 4.90 Å². The summed E-state index contributed by atoms with van der Waals surface area (Å²) in [6, 6.07) is 2.18. The number of thiophene rings is 1. The molecule has 0 aromatic carbocycles. The Morgan fingerprint density at radius 3 is 2.82 bits per heavy atom. The molecule has 2 aromatic heterocycles. The molecule has 0 saturated carbocycles. The summed E-state index contributed by atoms with van der Waals surface area (Å²) in [7, 11) is 4.03. The zero-order chi connectivity index (χ0) is 12.4. The van der Waals surface area contributed by atoms with Crippen molar-refractivity contribution in [3.63, 3.8) is 0 Å². The Hall–Kier alpha value is -0.720. The van der Waals surface area contributed by atoms with Crippen LogP contribution in [0.15, 0.2) is 20.4 Å². The van der Waals surface area contributed by atoms with Crippen LogP contribution in [0.1, 0.15) is 25.3 Å². The van der Waals surface area contributed by atoms with Gasteiger partial charge in [0.2, 0.25) is 11.7 Å². The highest BCUT2D eigenvalue weighted by molar-refractivity contribution is 9.10. The van der Waals surface area contributed by atoms with Gasteiger partial charge in [-0.1, -0.05) is 12.1 Å². The van der Waals surface area contributed by atoms with Gasteiger partial charge in [-0.2, -0.15) is 4.98 Å². The molecule has 0 aliphatic carbocycles. The van der Waals surface area contributed by atoms with Crippen molar-refractivity contribution >= 4 is 27.3 Å². The predicted octanol–water partition coefficient (Wildman–Crippen LogP) is 3.57. The molecule has 92 valence electrons. The summed E-state index contributed by atoms with van der Waals surface area (Å²) in [6.45, 7) is 2.11. The topological polar surface area (TPSA) is 42.2 Å². The molecule has 0 spiro atoms.